The molecule has 0 bridgehead atoms. The lowest BCUT2D eigenvalue weighted by molar-refractivity contribution is -0.143. The zero-order valence-corrected chi connectivity index (χ0v) is 15.9. The summed E-state index contributed by atoms with van der Waals surface area (Å²) in [5, 5.41) is 9.13. The normalized spacial score (nSPS) is 14.4. The minimum absolute atomic E-state index is 0.0629. The van der Waals surface area contributed by atoms with Gasteiger partial charge in [0.05, 0.1) is 30.3 Å². The number of hydrogen-bond acceptors (Lipinski definition) is 2. The summed E-state index contributed by atoms with van der Waals surface area (Å²) in [6.45, 7) is 1.39. The van der Waals surface area contributed by atoms with E-state index in [-0.39, 0.29) is 31.1 Å². The van der Waals surface area contributed by atoms with Crippen molar-refractivity contribution < 1.29 is 41.0 Å². The van der Waals surface area contributed by atoms with Gasteiger partial charge in [0, 0.05) is 5.92 Å². The summed E-state index contributed by atoms with van der Waals surface area (Å²) in [5.41, 5.74) is -2.45. The van der Waals surface area contributed by atoms with Gasteiger partial charge in [0.15, 0.2) is 0 Å². The second kappa shape index (κ2) is 9.51. The van der Waals surface area contributed by atoms with Gasteiger partial charge in [-0.2, -0.15) is 26.3 Å². The van der Waals surface area contributed by atoms with Crippen LogP contribution in [-0.4, -0.2) is 17.7 Å². The minimum Gasteiger partial charge on any atom is -0.481 e. The molecular formula is C21H20F6O3. The average molecular weight is 434 g/mol. The Labute approximate surface area is 169 Å². The van der Waals surface area contributed by atoms with Crippen molar-refractivity contribution in [3.05, 3.63) is 70.8 Å². The molecule has 3 nitrogen and oxygen atoms in total. The van der Waals surface area contributed by atoms with Crippen LogP contribution in [0.4, 0.5) is 26.3 Å². The van der Waals surface area contributed by atoms with Gasteiger partial charge < -0.3 is 9.84 Å². The maximum Gasteiger partial charge on any atom is 0.416 e. The lowest BCUT2D eigenvalue weighted by Gasteiger charge is -2.23. The predicted molar refractivity (Wildman–Crippen MR) is 96.9 cm³/mol. The zero-order valence-electron chi connectivity index (χ0n) is 15.9. The first-order valence-electron chi connectivity index (χ1n) is 9.09. The molecule has 2 unspecified atom stereocenters. The molecular weight excluding hydrogens is 414 g/mol. The monoisotopic (exact) mass is 434 g/mol. The summed E-state index contributed by atoms with van der Waals surface area (Å²) in [6, 6.07) is 9.84. The van der Waals surface area contributed by atoms with Crippen LogP contribution in [0.2, 0.25) is 0 Å². The van der Waals surface area contributed by atoms with E-state index in [0.717, 1.165) is 0 Å². The first-order chi connectivity index (χ1) is 13.9. The van der Waals surface area contributed by atoms with Crippen LogP contribution in [0.15, 0.2) is 48.5 Å². The van der Waals surface area contributed by atoms with Gasteiger partial charge >= 0.3 is 18.3 Å². The van der Waals surface area contributed by atoms with Gasteiger partial charge in [-0.3, -0.25) is 4.79 Å². The Bertz CT molecular complexity index is 814. The first-order valence-corrected chi connectivity index (χ1v) is 9.09. The van der Waals surface area contributed by atoms with E-state index in [0.29, 0.717) is 17.7 Å². The number of halogens is 6. The van der Waals surface area contributed by atoms with Crippen molar-refractivity contribution in [2.45, 2.75) is 44.1 Å². The lowest BCUT2D eigenvalue weighted by atomic mass is 9.96. The molecule has 9 heteroatoms. The van der Waals surface area contributed by atoms with E-state index in [1.165, 1.54) is 0 Å². The van der Waals surface area contributed by atoms with Crippen LogP contribution >= 0.6 is 0 Å². The van der Waals surface area contributed by atoms with Crippen molar-refractivity contribution in [3.8, 4) is 0 Å². The van der Waals surface area contributed by atoms with Crippen LogP contribution < -0.4 is 0 Å². The maximum absolute atomic E-state index is 13.1. The summed E-state index contributed by atoms with van der Waals surface area (Å²) in [4.78, 5) is 11.2. The predicted octanol–water partition coefficient (Wildman–Crippen LogP) is 6.45. The Morgan fingerprint density at radius 2 is 1.47 bits per heavy atom. The molecule has 1 N–H and O–H groups in total. The minimum atomic E-state index is -4.95. The second-order valence-corrected chi connectivity index (χ2v) is 6.77. The van der Waals surface area contributed by atoms with Crippen molar-refractivity contribution >= 4 is 5.97 Å². The molecule has 0 heterocycles. The van der Waals surface area contributed by atoms with Crippen LogP contribution in [0.3, 0.4) is 0 Å². The molecule has 0 aliphatic rings. The van der Waals surface area contributed by atoms with E-state index in [1.54, 1.807) is 37.3 Å². The molecule has 0 spiro atoms. The zero-order chi connectivity index (χ0) is 22.5. The number of carbonyl (C=O) groups is 1. The molecule has 2 atom stereocenters. The van der Waals surface area contributed by atoms with Gasteiger partial charge in [0.1, 0.15) is 0 Å². The Morgan fingerprint density at radius 1 is 0.933 bits per heavy atom. The topological polar surface area (TPSA) is 46.5 Å². The van der Waals surface area contributed by atoms with E-state index < -0.39 is 41.5 Å². The fourth-order valence-electron chi connectivity index (χ4n) is 3.06. The Morgan fingerprint density at radius 3 is 1.90 bits per heavy atom. The highest BCUT2D eigenvalue weighted by Crippen LogP contribution is 2.38. The SMILES string of the molecule is CCC(OCC(CC(=O)O)c1ccccc1)c1cc(C(F)(F)F)cc(C(F)(F)F)c1. The third kappa shape index (κ3) is 6.48. The van der Waals surface area contributed by atoms with E-state index in [4.69, 9.17) is 9.84 Å². The molecule has 0 amide bonds. The summed E-state index contributed by atoms with van der Waals surface area (Å²) in [7, 11) is 0. The highest BCUT2D eigenvalue weighted by atomic mass is 19.4. The van der Waals surface area contributed by atoms with Crippen LogP contribution in [-0.2, 0) is 21.9 Å². The van der Waals surface area contributed by atoms with Crippen molar-refractivity contribution in [2.24, 2.45) is 0 Å². The van der Waals surface area contributed by atoms with Crippen molar-refractivity contribution in [1.82, 2.24) is 0 Å². The molecule has 0 radical (unpaired) electrons. The summed E-state index contributed by atoms with van der Waals surface area (Å²) in [6.07, 6.45) is -11.2. The number of rotatable bonds is 8. The number of carboxylic acids is 1. The summed E-state index contributed by atoms with van der Waals surface area (Å²) >= 11 is 0. The summed E-state index contributed by atoms with van der Waals surface area (Å²) in [5.74, 6) is -1.70. The number of hydrogen-bond donors (Lipinski definition) is 1. The van der Waals surface area contributed by atoms with E-state index in [2.05, 4.69) is 0 Å². The van der Waals surface area contributed by atoms with Crippen LogP contribution in [0.5, 0.6) is 0 Å². The molecule has 0 fully saturated rings. The molecule has 164 valence electrons. The Balaban J connectivity index is 2.33. The van der Waals surface area contributed by atoms with Crippen LogP contribution in [0, 0.1) is 0 Å². The molecule has 30 heavy (non-hydrogen) atoms. The second-order valence-electron chi connectivity index (χ2n) is 6.77. The fourth-order valence-corrected chi connectivity index (χ4v) is 3.06. The molecule has 2 rings (SSSR count). The lowest BCUT2D eigenvalue weighted by Crippen LogP contribution is -2.17. The molecule has 0 saturated heterocycles. The van der Waals surface area contributed by atoms with Crippen molar-refractivity contribution in [2.75, 3.05) is 6.61 Å². The van der Waals surface area contributed by atoms with Gasteiger partial charge in [-0.25, -0.2) is 0 Å². The maximum atomic E-state index is 13.1. The molecule has 0 aliphatic carbocycles. The molecule has 2 aromatic carbocycles. The molecule has 0 aromatic heterocycles. The largest absolute Gasteiger partial charge is 0.481 e. The highest BCUT2D eigenvalue weighted by molar-refractivity contribution is 5.68. The number of ether oxygens (including phenoxy) is 1. The highest BCUT2D eigenvalue weighted by Gasteiger charge is 2.37. The Hall–Kier alpha value is -2.55. The van der Waals surface area contributed by atoms with Crippen LogP contribution in [0.1, 0.15) is 54.0 Å². The van der Waals surface area contributed by atoms with Gasteiger partial charge in [-0.05, 0) is 35.7 Å². The Kier molecular flexibility index (Phi) is 7.52. The number of aliphatic carboxylic acids is 1. The number of carboxylic acid groups (broad SMARTS) is 1. The first kappa shape index (κ1) is 23.7. The molecule has 0 aliphatic heterocycles. The van der Waals surface area contributed by atoms with Crippen LogP contribution in [0.25, 0.3) is 0 Å². The van der Waals surface area contributed by atoms with Gasteiger partial charge in [0.2, 0.25) is 0 Å². The molecule has 2 aromatic rings. The quantitative estimate of drug-likeness (QED) is 0.486. The van der Waals surface area contributed by atoms with Gasteiger partial charge in [-0.1, -0.05) is 37.3 Å². The van der Waals surface area contributed by atoms with Crippen molar-refractivity contribution in [3.63, 3.8) is 0 Å². The standard InChI is InChI=1S/C21H20F6O3/c1-2-18(30-12-15(10-19(28)29)13-6-4-3-5-7-13)14-8-16(20(22,23)24)11-17(9-14)21(25,26)27/h3-9,11,15,18H,2,10,12H2,1H3,(H,28,29). The number of alkyl halides is 6. The van der Waals surface area contributed by atoms with Gasteiger partial charge in [-0.15, -0.1) is 0 Å². The smallest absolute Gasteiger partial charge is 0.416 e. The van der Waals surface area contributed by atoms with Crippen molar-refractivity contribution in [1.29, 1.82) is 0 Å². The van der Waals surface area contributed by atoms with E-state index in [9.17, 15) is 31.1 Å². The number of benzene rings is 2. The van der Waals surface area contributed by atoms with E-state index >= 15 is 0 Å². The fraction of sp³-hybridized carbons (Fsp3) is 0.381. The third-order valence-corrected chi connectivity index (χ3v) is 4.54. The van der Waals surface area contributed by atoms with Gasteiger partial charge in [0.25, 0.3) is 0 Å². The van der Waals surface area contributed by atoms with E-state index in [1.807, 2.05) is 0 Å². The summed E-state index contributed by atoms with van der Waals surface area (Å²) < 4.78 is 84.3. The average Bonchev–Trinajstić information content (AvgIpc) is 2.66. The molecule has 0 saturated carbocycles. The third-order valence-electron chi connectivity index (χ3n) is 4.54.